The fraction of sp³-hybridized carbons (Fsp3) is 0.833. The van der Waals surface area contributed by atoms with E-state index in [1.807, 2.05) is 6.08 Å². The monoisotopic (exact) mass is 213 g/mol. The Balaban J connectivity index is 4.49. The topological polar surface area (TPSA) is 78.1 Å². The molecule has 0 aromatic carbocycles. The van der Waals surface area contributed by atoms with Crippen molar-refractivity contribution >= 4 is 0 Å². The molecule has 0 heterocycles. The second kappa shape index (κ2) is 8.89. The Morgan fingerprint density at radius 3 is 2.07 bits per heavy atom. The zero-order valence-electron chi connectivity index (χ0n) is 9.99. The molecule has 0 spiro atoms. The van der Waals surface area contributed by atoms with Crippen LogP contribution >= 0.6 is 0 Å². The average Bonchev–Trinajstić information content (AvgIpc) is 2.26. The van der Waals surface area contributed by atoms with Crippen molar-refractivity contribution in [2.45, 2.75) is 26.2 Å². The van der Waals surface area contributed by atoms with Crippen molar-refractivity contribution in [2.75, 3.05) is 19.6 Å². The van der Waals surface area contributed by atoms with Gasteiger partial charge in [-0.1, -0.05) is 19.4 Å². The van der Waals surface area contributed by atoms with Gasteiger partial charge in [0, 0.05) is 0 Å². The largest absolute Gasteiger partial charge is 0.330 e. The second-order valence-corrected chi connectivity index (χ2v) is 4.17. The van der Waals surface area contributed by atoms with E-state index in [9.17, 15) is 0 Å². The van der Waals surface area contributed by atoms with E-state index in [0.717, 1.165) is 32.4 Å². The van der Waals surface area contributed by atoms with Crippen LogP contribution in [0.5, 0.6) is 0 Å². The van der Waals surface area contributed by atoms with Crippen LogP contribution in [0, 0.1) is 17.8 Å². The maximum absolute atomic E-state index is 5.81. The predicted molar refractivity (Wildman–Crippen MR) is 67.4 cm³/mol. The Kier molecular flexibility index (Phi) is 8.67. The first-order chi connectivity index (χ1) is 7.24. The highest BCUT2D eigenvalue weighted by molar-refractivity contribution is 4.83. The quantitative estimate of drug-likeness (QED) is 0.502. The molecule has 0 bridgehead atoms. The van der Waals surface area contributed by atoms with E-state index in [0.29, 0.717) is 24.3 Å². The van der Waals surface area contributed by atoms with Gasteiger partial charge in [-0.2, -0.15) is 0 Å². The van der Waals surface area contributed by atoms with Gasteiger partial charge in [0.15, 0.2) is 0 Å². The molecule has 0 amide bonds. The van der Waals surface area contributed by atoms with Crippen molar-refractivity contribution in [3.63, 3.8) is 0 Å². The van der Waals surface area contributed by atoms with E-state index in [1.165, 1.54) is 0 Å². The third kappa shape index (κ3) is 4.78. The number of hydrogen-bond donors (Lipinski definition) is 3. The molecule has 3 heteroatoms. The summed E-state index contributed by atoms with van der Waals surface area (Å²) in [5.74, 6) is 1.58. The van der Waals surface area contributed by atoms with Gasteiger partial charge in [-0.05, 0) is 50.2 Å². The van der Waals surface area contributed by atoms with E-state index in [4.69, 9.17) is 17.2 Å². The van der Waals surface area contributed by atoms with Crippen LogP contribution in [-0.2, 0) is 0 Å². The molecule has 0 aliphatic carbocycles. The van der Waals surface area contributed by atoms with Gasteiger partial charge >= 0.3 is 0 Å². The van der Waals surface area contributed by atoms with Crippen LogP contribution in [-0.4, -0.2) is 19.6 Å². The van der Waals surface area contributed by atoms with Crippen molar-refractivity contribution in [1.29, 1.82) is 0 Å². The highest BCUT2D eigenvalue weighted by atomic mass is 14.6. The van der Waals surface area contributed by atoms with Gasteiger partial charge in [0.2, 0.25) is 0 Å². The minimum Gasteiger partial charge on any atom is -0.330 e. The maximum Gasteiger partial charge on any atom is -0.00431 e. The minimum atomic E-state index is 0.486. The minimum absolute atomic E-state index is 0.486. The number of hydrogen-bond acceptors (Lipinski definition) is 3. The fourth-order valence-electron chi connectivity index (χ4n) is 2.35. The number of nitrogens with two attached hydrogens (primary N) is 3. The molecule has 90 valence electrons. The summed E-state index contributed by atoms with van der Waals surface area (Å²) in [5, 5.41) is 0. The van der Waals surface area contributed by atoms with Crippen molar-refractivity contribution in [3.8, 4) is 0 Å². The standard InChI is InChI=1S/C12H27N3/c1-3-5-11(9-15)12(6-7-13)10(4-2)8-14/h3,10-12H,1,4-9,13-15H2,2H3. The molecule has 0 rings (SSSR count). The Labute approximate surface area is 94.1 Å². The van der Waals surface area contributed by atoms with Gasteiger partial charge in [0.05, 0.1) is 0 Å². The Bertz CT molecular complexity index is 155. The van der Waals surface area contributed by atoms with Gasteiger partial charge in [-0.25, -0.2) is 0 Å². The van der Waals surface area contributed by atoms with E-state index in [1.54, 1.807) is 0 Å². The molecule has 0 aromatic rings. The summed E-state index contributed by atoms with van der Waals surface area (Å²) in [6, 6.07) is 0. The summed E-state index contributed by atoms with van der Waals surface area (Å²) in [6.07, 6.45) is 5.04. The molecule has 3 nitrogen and oxygen atoms in total. The molecule has 0 saturated heterocycles. The first kappa shape index (κ1) is 14.6. The SMILES string of the molecule is C=CCC(CN)C(CCN)C(CC)CN. The normalized spacial score (nSPS) is 17.1. The lowest BCUT2D eigenvalue weighted by Crippen LogP contribution is -2.34. The van der Waals surface area contributed by atoms with Crippen LogP contribution in [0.4, 0.5) is 0 Å². The molecule has 3 unspecified atom stereocenters. The number of rotatable bonds is 9. The molecule has 15 heavy (non-hydrogen) atoms. The van der Waals surface area contributed by atoms with Crippen LogP contribution in [0.15, 0.2) is 12.7 Å². The molecule has 0 radical (unpaired) electrons. The van der Waals surface area contributed by atoms with Gasteiger partial charge in [0.25, 0.3) is 0 Å². The van der Waals surface area contributed by atoms with Crippen LogP contribution < -0.4 is 17.2 Å². The summed E-state index contributed by atoms with van der Waals surface area (Å²) in [7, 11) is 0. The molecule has 0 aromatic heterocycles. The van der Waals surface area contributed by atoms with Crippen molar-refractivity contribution in [2.24, 2.45) is 35.0 Å². The van der Waals surface area contributed by atoms with Crippen molar-refractivity contribution in [3.05, 3.63) is 12.7 Å². The fourth-order valence-corrected chi connectivity index (χ4v) is 2.35. The lowest BCUT2D eigenvalue weighted by molar-refractivity contribution is 0.217. The highest BCUT2D eigenvalue weighted by Gasteiger charge is 2.25. The smallest absolute Gasteiger partial charge is 0.00431 e. The van der Waals surface area contributed by atoms with E-state index < -0.39 is 0 Å². The third-order valence-electron chi connectivity index (χ3n) is 3.31. The van der Waals surface area contributed by atoms with Crippen molar-refractivity contribution in [1.82, 2.24) is 0 Å². The highest BCUT2D eigenvalue weighted by Crippen LogP contribution is 2.28. The predicted octanol–water partition coefficient (Wildman–Crippen LogP) is 1.09. The third-order valence-corrected chi connectivity index (χ3v) is 3.31. The van der Waals surface area contributed by atoms with Gasteiger partial charge in [0.1, 0.15) is 0 Å². The summed E-state index contributed by atoms with van der Waals surface area (Å²) in [6.45, 7) is 8.12. The lowest BCUT2D eigenvalue weighted by atomic mass is 9.76. The number of allylic oxidation sites excluding steroid dienone is 1. The molecular weight excluding hydrogens is 186 g/mol. The average molecular weight is 213 g/mol. The maximum atomic E-state index is 5.81. The van der Waals surface area contributed by atoms with Crippen LogP contribution in [0.2, 0.25) is 0 Å². The molecule has 3 atom stereocenters. The zero-order chi connectivity index (χ0) is 11.7. The van der Waals surface area contributed by atoms with Gasteiger partial charge in [-0.15, -0.1) is 6.58 Å². The van der Waals surface area contributed by atoms with E-state index >= 15 is 0 Å². The molecule has 0 aliphatic rings. The Hall–Kier alpha value is -0.380. The second-order valence-electron chi connectivity index (χ2n) is 4.17. The molecule has 6 N–H and O–H groups in total. The lowest BCUT2D eigenvalue weighted by Gasteiger charge is -2.31. The first-order valence-corrected chi connectivity index (χ1v) is 5.96. The van der Waals surface area contributed by atoms with Gasteiger partial charge in [-0.3, -0.25) is 0 Å². The molecular formula is C12H27N3. The van der Waals surface area contributed by atoms with E-state index in [2.05, 4.69) is 13.5 Å². The van der Waals surface area contributed by atoms with Crippen molar-refractivity contribution < 1.29 is 0 Å². The molecule has 0 fully saturated rings. The summed E-state index contributed by atoms with van der Waals surface area (Å²) >= 11 is 0. The summed E-state index contributed by atoms with van der Waals surface area (Å²) in [5.41, 5.74) is 17.3. The van der Waals surface area contributed by atoms with Crippen LogP contribution in [0.1, 0.15) is 26.2 Å². The van der Waals surface area contributed by atoms with Crippen LogP contribution in [0.3, 0.4) is 0 Å². The molecule has 0 aliphatic heterocycles. The van der Waals surface area contributed by atoms with Gasteiger partial charge < -0.3 is 17.2 Å². The van der Waals surface area contributed by atoms with E-state index in [-0.39, 0.29) is 0 Å². The molecule has 0 saturated carbocycles. The van der Waals surface area contributed by atoms with Crippen LogP contribution in [0.25, 0.3) is 0 Å². The summed E-state index contributed by atoms with van der Waals surface area (Å²) in [4.78, 5) is 0. The summed E-state index contributed by atoms with van der Waals surface area (Å²) < 4.78 is 0. The zero-order valence-corrected chi connectivity index (χ0v) is 9.99. The Morgan fingerprint density at radius 1 is 1.13 bits per heavy atom. The first-order valence-electron chi connectivity index (χ1n) is 5.96. The Morgan fingerprint density at radius 2 is 1.73 bits per heavy atom.